The van der Waals surface area contributed by atoms with Crippen LogP contribution < -0.4 is 14.8 Å². The molecule has 1 N–H and O–H groups in total. The van der Waals surface area contributed by atoms with Gasteiger partial charge in [-0.15, -0.1) is 0 Å². The van der Waals surface area contributed by atoms with Gasteiger partial charge in [0.05, 0.1) is 14.2 Å². The minimum atomic E-state index is -0.147. The van der Waals surface area contributed by atoms with E-state index >= 15 is 0 Å². The van der Waals surface area contributed by atoms with Crippen LogP contribution in [0, 0.1) is 0 Å². The molecule has 2 aromatic rings. The van der Waals surface area contributed by atoms with E-state index in [4.69, 9.17) is 9.47 Å². The van der Waals surface area contributed by atoms with Crippen LogP contribution in [0.15, 0.2) is 48.5 Å². The van der Waals surface area contributed by atoms with Crippen molar-refractivity contribution in [1.82, 2.24) is 10.2 Å². The number of hydrogen-bond acceptors (Lipinski definition) is 4. The fourth-order valence-electron chi connectivity index (χ4n) is 3.42. The lowest BCUT2D eigenvalue weighted by Crippen LogP contribution is -2.20. The number of carbonyl (C=O) groups is 1. The molecule has 0 aromatic heterocycles. The molecule has 3 rings (SSSR count). The molecule has 5 nitrogen and oxygen atoms in total. The molecule has 1 fully saturated rings. The van der Waals surface area contributed by atoms with Crippen LogP contribution in [0.25, 0.3) is 6.08 Å². The number of ether oxygens (including phenoxy) is 2. The van der Waals surface area contributed by atoms with Gasteiger partial charge in [-0.1, -0.05) is 36.4 Å². The predicted octanol–water partition coefficient (Wildman–Crippen LogP) is 3.63. The third kappa shape index (κ3) is 5.36. The van der Waals surface area contributed by atoms with E-state index in [0.717, 1.165) is 17.7 Å². The van der Waals surface area contributed by atoms with Gasteiger partial charge >= 0.3 is 0 Å². The molecular formula is C23H28N2O3. The van der Waals surface area contributed by atoms with Gasteiger partial charge in [-0.2, -0.15) is 0 Å². The zero-order valence-electron chi connectivity index (χ0n) is 16.6. The highest BCUT2D eigenvalue weighted by molar-refractivity contribution is 5.92. The maximum absolute atomic E-state index is 12.2. The van der Waals surface area contributed by atoms with E-state index in [0.29, 0.717) is 18.0 Å². The molecule has 2 aromatic carbocycles. The summed E-state index contributed by atoms with van der Waals surface area (Å²) >= 11 is 0. The van der Waals surface area contributed by atoms with Crippen LogP contribution >= 0.6 is 0 Å². The van der Waals surface area contributed by atoms with Crippen LogP contribution in [0.2, 0.25) is 0 Å². The maximum Gasteiger partial charge on any atom is 0.244 e. The Bertz CT molecular complexity index is 809. The molecule has 1 aliphatic heterocycles. The Morgan fingerprint density at radius 1 is 1.04 bits per heavy atom. The summed E-state index contributed by atoms with van der Waals surface area (Å²) in [6, 6.07) is 14.0. The Kier molecular flexibility index (Phi) is 7.09. The number of rotatable bonds is 8. The first-order chi connectivity index (χ1) is 13.7. The monoisotopic (exact) mass is 380 g/mol. The SMILES string of the molecule is COc1cccc(/C=C/C(=O)NCc2ccc(CN3CCCC3)cc2)c1OC. The molecule has 1 aliphatic rings. The van der Waals surface area contributed by atoms with Crippen molar-refractivity contribution in [3.05, 3.63) is 65.2 Å². The molecule has 1 heterocycles. The van der Waals surface area contributed by atoms with E-state index in [9.17, 15) is 4.79 Å². The second-order valence-electron chi connectivity index (χ2n) is 6.93. The van der Waals surface area contributed by atoms with Gasteiger partial charge in [-0.05, 0) is 49.2 Å². The highest BCUT2D eigenvalue weighted by Crippen LogP contribution is 2.31. The summed E-state index contributed by atoms with van der Waals surface area (Å²) in [5.41, 5.74) is 3.20. The van der Waals surface area contributed by atoms with Crippen molar-refractivity contribution in [2.75, 3.05) is 27.3 Å². The van der Waals surface area contributed by atoms with E-state index in [-0.39, 0.29) is 5.91 Å². The van der Waals surface area contributed by atoms with Crippen molar-refractivity contribution >= 4 is 12.0 Å². The fraction of sp³-hybridized carbons (Fsp3) is 0.348. The Morgan fingerprint density at radius 3 is 2.43 bits per heavy atom. The van der Waals surface area contributed by atoms with Gasteiger partial charge in [0.2, 0.25) is 5.91 Å². The minimum absolute atomic E-state index is 0.147. The third-order valence-corrected chi connectivity index (χ3v) is 4.94. The largest absolute Gasteiger partial charge is 0.493 e. The second-order valence-corrected chi connectivity index (χ2v) is 6.93. The molecule has 0 radical (unpaired) electrons. The number of nitrogens with zero attached hydrogens (tertiary/aromatic N) is 1. The molecule has 0 unspecified atom stereocenters. The van der Waals surface area contributed by atoms with Crippen LogP contribution in [0.3, 0.4) is 0 Å². The Balaban J connectivity index is 1.52. The lowest BCUT2D eigenvalue weighted by atomic mass is 10.1. The Labute approximate surface area is 167 Å². The highest BCUT2D eigenvalue weighted by atomic mass is 16.5. The molecule has 1 saturated heterocycles. The van der Waals surface area contributed by atoms with E-state index in [1.54, 1.807) is 20.3 Å². The van der Waals surface area contributed by atoms with Crippen molar-refractivity contribution in [3.63, 3.8) is 0 Å². The van der Waals surface area contributed by atoms with E-state index in [1.165, 1.54) is 37.6 Å². The van der Waals surface area contributed by atoms with Crippen LogP contribution in [0.1, 0.15) is 29.5 Å². The summed E-state index contributed by atoms with van der Waals surface area (Å²) in [6.07, 6.45) is 5.85. The van der Waals surface area contributed by atoms with Gasteiger partial charge in [0, 0.05) is 24.7 Å². The van der Waals surface area contributed by atoms with Gasteiger partial charge in [-0.25, -0.2) is 0 Å². The Morgan fingerprint density at radius 2 is 1.75 bits per heavy atom. The van der Waals surface area contributed by atoms with E-state index < -0.39 is 0 Å². The predicted molar refractivity (Wildman–Crippen MR) is 111 cm³/mol. The average Bonchev–Trinajstić information content (AvgIpc) is 3.24. The number of para-hydroxylation sites is 1. The van der Waals surface area contributed by atoms with Gasteiger partial charge in [0.25, 0.3) is 0 Å². The fourth-order valence-corrected chi connectivity index (χ4v) is 3.42. The molecular weight excluding hydrogens is 352 g/mol. The number of carbonyl (C=O) groups excluding carboxylic acids is 1. The number of likely N-dealkylation sites (tertiary alicyclic amines) is 1. The van der Waals surface area contributed by atoms with Crippen LogP contribution in [0.4, 0.5) is 0 Å². The van der Waals surface area contributed by atoms with E-state index in [1.807, 2.05) is 18.2 Å². The number of amides is 1. The summed E-state index contributed by atoms with van der Waals surface area (Å²) < 4.78 is 10.7. The molecule has 148 valence electrons. The number of benzene rings is 2. The molecule has 1 amide bonds. The number of nitrogens with one attached hydrogen (secondary N) is 1. The van der Waals surface area contributed by atoms with Crippen molar-refractivity contribution < 1.29 is 14.3 Å². The molecule has 0 atom stereocenters. The first-order valence-corrected chi connectivity index (χ1v) is 9.66. The quantitative estimate of drug-likeness (QED) is 0.711. The number of methoxy groups -OCH3 is 2. The van der Waals surface area contributed by atoms with Gasteiger partial charge in [0.15, 0.2) is 11.5 Å². The first-order valence-electron chi connectivity index (χ1n) is 9.66. The lowest BCUT2D eigenvalue weighted by molar-refractivity contribution is -0.116. The average molecular weight is 380 g/mol. The summed E-state index contributed by atoms with van der Waals surface area (Å²) in [6.45, 7) is 3.91. The van der Waals surface area contributed by atoms with Crippen molar-refractivity contribution in [1.29, 1.82) is 0 Å². The minimum Gasteiger partial charge on any atom is -0.493 e. The summed E-state index contributed by atoms with van der Waals surface area (Å²) in [4.78, 5) is 14.6. The summed E-state index contributed by atoms with van der Waals surface area (Å²) in [5.74, 6) is 1.10. The standard InChI is InChI=1S/C23H28N2O3/c1-27-21-7-5-6-20(23(21)28-2)12-13-22(26)24-16-18-8-10-19(11-9-18)17-25-14-3-4-15-25/h5-13H,3-4,14-17H2,1-2H3,(H,24,26)/b13-12+. The second kappa shape index (κ2) is 9.95. The van der Waals surface area contributed by atoms with Crippen LogP contribution in [-0.2, 0) is 17.9 Å². The van der Waals surface area contributed by atoms with Crippen LogP contribution in [0.5, 0.6) is 11.5 Å². The molecule has 28 heavy (non-hydrogen) atoms. The van der Waals surface area contributed by atoms with Crippen molar-refractivity contribution in [3.8, 4) is 11.5 Å². The molecule has 0 saturated carbocycles. The van der Waals surface area contributed by atoms with Crippen molar-refractivity contribution in [2.45, 2.75) is 25.9 Å². The highest BCUT2D eigenvalue weighted by Gasteiger charge is 2.11. The molecule has 0 bridgehead atoms. The topological polar surface area (TPSA) is 50.8 Å². The van der Waals surface area contributed by atoms with Gasteiger partial charge < -0.3 is 14.8 Å². The third-order valence-electron chi connectivity index (χ3n) is 4.94. The van der Waals surface area contributed by atoms with Gasteiger partial charge in [0.1, 0.15) is 0 Å². The lowest BCUT2D eigenvalue weighted by Gasteiger charge is -2.14. The summed E-state index contributed by atoms with van der Waals surface area (Å²) in [5, 5.41) is 2.92. The summed E-state index contributed by atoms with van der Waals surface area (Å²) in [7, 11) is 3.18. The van der Waals surface area contributed by atoms with E-state index in [2.05, 4.69) is 34.5 Å². The molecule has 0 aliphatic carbocycles. The zero-order valence-corrected chi connectivity index (χ0v) is 16.6. The number of hydrogen-bond donors (Lipinski definition) is 1. The maximum atomic E-state index is 12.2. The first kappa shape index (κ1) is 20.0. The smallest absolute Gasteiger partial charge is 0.244 e. The molecule has 0 spiro atoms. The molecule has 5 heteroatoms. The van der Waals surface area contributed by atoms with Crippen molar-refractivity contribution in [2.24, 2.45) is 0 Å². The van der Waals surface area contributed by atoms with Crippen LogP contribution in [-0.4, -0.2) is 38.1 Å². The normalized spacial score (nSPS) is 14.4. The zero-order chi connectivity index (χ0) is 19.8. The Hall–Kier alpha value is -2.79. The van der Waals surface area contributed by atoms with Gasteiger partial charge in [-0.3, -0.25) is 9.69 Å².